The fourth-order valence-electron chi connectivity index (χ4n) is 2.74. The smallest absolute Gasteiger partial charge is 0.330 e. The summed E-state index contributed by atoms with van der Waals surface area (Å²) < 4.78 is 17.4. The number of carbonyl (C=O) groups excluding carboxylic acids is 2. The van der Waals surface area contributed by atoms with E-state index in [0.717, 1.165) is 4.57 Å². The number of aromatic amines is 1. The van der Waals surface area contributed by atoms with Crippen LogP contribution in [0.15, 0.2) is 15.8 Å². The van der Waals surface area contributed by atoms with E-state index in [9.17, 15) is 24.3 Å². The molecular weight excluding hydrogens is 348 g/mol. The minimum absolute atomic E-state index is 0.0376. The van der Waals surface area contributed by atoms with Gasteiger partial charge in [-0.3, -0.25) is 19.1 Å². The third-order valence-electron chi connectivity index (χ3n) is 4.11. The summed E-state index contributed by atoms with van der Waals surface area (Å²) in [4.78, 5) is 48.8. The first kappa shape index (κ1) is 20.0. The number of methoxy groups -OCH3 is 1. The summed E-state index contributed by atoms with van der Waals surface area (Å²) in [6.45, 7) is 2.41. The summed E-state index contributed by atoms with van der Waals surface area (Å²) in [5.41, 5.74) is -0.956. The van der Waals surface area contributed by atoms with Gasteiger partial charge in [-0.2, -0.15) is 0 Å². The van der Waals surface area contributed by atoms with E-state index in [4.69, 9.17) is 14.2 Å². The standard InChI is InChI=1S/C16H22N2O8/c1-8-6-18(16(23)17-14(8)22)15-13(24-3)12(10(7-19)25-15)26-11(21)5-4-9(2)20/h6,10,12-13,15,19H,4-5,7H2,1-3H3,(H,17,22,23)/t10-,12-,13-,15-/m1/s1. The van der Waals surface area contributed by atoms with Crippen LogP contribution >= 0.6 is 0 Å². The predicted molar refractivity (Wildman–Crippen MR) is 87.6 cm³/mol. The van der Waals surface area contributed by atoms with Gasteiger partial charge in [-0.25, -0.2) is 4.79 Å². The molecule has 1 fully saturated rings. The average Bonchev–Trinajstić information content (AvgIpc) is 2.93. The van der Waals surface area contributed by atoms with Crippen molar-refractivity contribution in [1.29, 1.82) is 0 Å². The van der Waals surface area contributed by atoms with Gasteiger partial charge in [0.1, 0.15) is 18.0 Å². The molecule has 1 saturated heterocycles. The van der Waals surface area contributed by atoms with Crippen LogP contribution in [0, 0.1) is 6.92 Å². The van der Waals surface area contributed by atoms with Gasteiger partial charge in [0.05, 0.1) is 13.0 Å². The number of nitrogens with one attached hydrogen (secondary N) is 1. The number of H-pyrrole nitrogens is 1. The van der Waals surface area contributed by atoms with Crippen LogP contribution in [-0.4, -0.2) is 58.4 Å². The van der Waals surface area contributed by atoms with Crippen LogP contribution in [0.1, 0.15) is 31.6 Å². The molecule has 0 radical (unpaired) electrons. The molecule has 2 rings (SSSR count). The van der Waals surface area contributed by atoms with E-state index in [1.165, 1.54) is 27.2 Å². The maximum Gasteiger partial charge on any atom is 0.330 e. The molecule has 26 heavy (non-hydrogen) atoms. The van der Waals surface area contributed by atoms with Crippen molar-refractivity contribution in [2.24, 2.45) is 0 Å². The largest absolute Gasteiger partial charge is 0.456 e. The maximum atomic E-state index is 12.1. The number of carbonyl (C=O) groups is 2. The molecule has 4 atom stereocenters. The third kappa shape index (κ3) is 4.26. The van der Waals surface area contributed by atoms with Gasteiger partial charge in [0.2, 0.25) is 0 Å². The van der Waals surface area contributed by atoms with Gasteiger partial charge in [-0.1, -0.05) is 0 Å². The lowest BCUT2D eigenvalue weighted by atomic mass is 10.1. The molecule has 0 spiro atoms. The molecule has 1 aromatic heterocycles. The molecule has 0 unspecified atom stereocenters. The van der Waals surface area contributed by atoms with Gasteiger partial charge in [0.15, 0.2) is 12.3 Å². The highest BCUT2D eigenvalue weighted by Gasteiger charge is 2.48. The number of aryl methyl sites for hydroxylation is 1. The van der Waals surface area contributed by atoms with E-state index < -0.39 is 48.4 Å². The first-order chi connectivity index (χ1) is 12.3. The lowest BCUT2D eigenvalue weighted by Crippen LogP contribution is -2.41. The number of Topliss-reactive ketones (excluding diaryl/α,β-unsaturated/α-hetero) is 1. The maximum absolute atomic E-state index is 12.1. The van der Waals surface area contributed by atoms with Crippen molar-refractivity contribution in [1.82, 2.24) is 9.55 Å². The zero-order chi connectivity index (χ0) is 19.4. The van der Waals surface area contributed by atoms with Crippen LogP contribution in [0.2, 0.25) is 0 Å². The van der Waals surface area contributed by atoms with E-state index >= 15 is 0 Å². The van der Waals surface area contributed by atoms with Crippen LogP contribution in [0.25, 0.3) is 0 Å². The van der Waals surface area contributed by atoms with E-state index in [0.29, 0.717) is 0 Å². The summed E-state index contributed by atoms with van der Waals surface area (Å²) in [7, 11) is 1.35. The number of esters is 1. The monoisotopic (exact) mass is 370 g/mol. The Bertz CT molecular complexity index is 783. The average molecular weight is 370 g/mol. The Morgan fingerprint density at radius 2 is 2.00 bits per heavy atom. The Kier molecular flexibility index (Phi) is 6.46. The molecule has 0 saturated carbocycles. The topological polar surface area (TPSA) is 137 Å². The normalized spacial score (nSPS) is 25.2. The summed E-state index contributed by atoms with van der Waals surface area (Å²) in [6, 6.07) is 0. The van der Waals surface area contributed by atoms with Crippen molar-refractivity contribution in [3.8, 4) is 0 Å². The number of rotatable bonds is 7. The zero-order valence-electron chi connectivity index (χ0n) is 14.8. The summed E-state index contributed by atoms with van der Waals surface area (Å²) in [5, 5.41) is 9.54. The Morgan fingerprint density at radius 1 is 1.31 bits per heavy atom. The van der Waals surface area contributed by atoms with E-state index in [1.807, 2.05) is 0 Å². The first-order valence-corrected chi connectivity index (χ1v) is 8.08. The first-order valence-electron chi connectivity index (χ1n) is 8.08. The number of ketones is 1. The number of nitrogens with zero attached hydrogens (tertiary/aromatic N) is 1. The second-order valence-corrected chi connectivity index (χ2v) is 6.08. The molecule has 1 aromatic rings. The van der Waals surface area contributed by atoms with Gasteiger partial charge in [0, 0.05) is 25.3 Å². The summed E-state index contributed by atoms with van der Waals surface area (Å²) in [6.07, 6.45) is -2.56. The molecule has 10 heteroatoms. The van der Waals surface area contributed by atoms with E-state index in [-0.39, 0.29) is 24.2 Å². The summed E-state index contributed by atoms with van der Waals surface area (Å²) >= 11 is 0. The molecule has 1 aliphatic heterocycles. The fraction of sp³-hybridized carbons (Fsp3) is 0.625. The molecule has 2 heterocycles. The lowest BCUT2D eigenvalue weighted by molar-refractivity contribution is -0.158. The SMILES string of the molecule is CO[C@@H]1[C@H](OC(=O)CCC(C)=O)[C@@H](CO)O[C@H]1n1cc(C)c(=O)[nH]c1=O. The van der Waals surface area contributed by atoms with Crippen molar-refractivity contribution in [3.63, 3.8) is 0 Å². The predicted octanol–water partition coefficient (Wildman–Crippen LogP) is -0.969. The van der Waals surface area contributed by atoms with Crippen molar-refractivity contribution in [3.05, 3.63) is 32.6 Å². The van der Waals surface area contributed by atoms with Crippen LogP contribution in [-0.2, 0) is 23.8 Å². The minimum Gasteiger partial charge on any atom is -0.456 e. The Hall–Kier alpha value is -2.30. The van der Waals surface area contributed by atoms with E-state index in [1.54, 1.807) is 0 Å². The van der Waals surface area contributed by atoms with Crippen LogP contribution in [0.4, 0.5) is 0 Å². The molecule has 0 aromatic carbocycles. The second-order valence-electron chi connectivity index (χ2n) is 6.08. The van der Waals surface area contributed by atoms with Crippen LogP contribution in [0.3, 0.4) is 0 Å². The highest BCUT2D eigenvalue weighted by molar-refractivity contribution is 5.81. The zero-order valence-corrected chi connectivity index (χ0v) is 14.8. The van der Waals surface area contributed by atoms with Gasteiger partial charge < -0.3 is 24.1 Å². The van der Waals surface area contributed by atoms with Crippen molar-refractivity contribution >= 4 is 11.8 Å². The van der Waals surface area contributed by atoms with Crippen LogP contribution in [0.5, 0.6) is 0 Å². The van der Waals surface area contributed by atoms with E-state index in [2.05, 4.69) is 4.98 Å². The van der Waals surface area contributed by atoms with Crippen molar-refractivity contribution in [2.45, 2.75) is 51.2 Å². The third-order valence-corrected chi connectivity index (χ3v) is 4.11. The number of aliphatic hydroxyl groups excluding tert-OH is 1. The molecule has 0 aliphatic carbocycles. The van der Waals surface area contributed by atoms with Gasteiger partial charge >= 0.3 is 11.7 Å². The second kappa shape index (κ2) is 8.39. The fourth-order valence-corrected chi connectivity index (χ4v) is 2.74. The van der Waals surface area contributed by atoms with Gasteiger partial charge in [-0.05, 0) is 13.8 Å². The van der Waals surface area contributed by atoms with Crippen molar-refractivity contribution in [2.75, 3.05) is 13.7 Å². The van der Waals surface area contributed by atoms with Crippen molar-refractivity contribution < 1.29 is 28.9 Å². The number of hydrogen-bond donors (Lipinski definition) is 2. The highest BCUT2D eigenvalue weighted by Crippen LogP contribution is 2.32. The van der Waals surface area contributed by atoms with Crippen LogP contribution < -0.4 is 11.2 Å². The lowest BCUT2D eigenvalue weighted by Gasteiger charge is -2.23. The Labute approximate surface area is 148 Å². The quantitative estimate of drug-likeness (QED) is 0.585. The Balaban J connectivity index is 2.27. The molecule has 144 valence electrons. The number of hydrogen-bond acceptors (Lipinski definition) is 8. The highest BCUT2D eigenvalue weighted by atomic mass is 16.6. The Morgan fingerprint density at radius 3 is 2.58 bits per heavy atom. The summed E-state index contributed by atoms with van der Waals surface area (Å²) in [5.74, 6) is -0.792. The molecule has 1 aliphatic rings. The molecule has 10 nitrogen and oxygen atoms in total. The number of ether oxygens (including phenoxy) is 3. The number of aliphatic hydroxyl groups is 1. The van der Waals surface area contributed by atoms with Gasteiger partial charge in [0.25, 0.3) is 5.56 Å². The molecule has 0 bridgehead atoms. The number of aromatic nitrogens is 2. The molecular formula is C16H22N2O8. The minimum atomic E-state index is -1.01. The van der Waals surface area contributed by atoms with Gasteiger partial charge in [-0.15, -0.1) is 0 Å². The molecule has 0 amide bonds. The molecule has 2 N–H and O–H groups in total.